The maximum Gasteiger partial charge on any atom is 0.323 e. The van der Waals surface area contributed by atoms with Crippen LogP contribution < -0.4 is 10.8 Å². The Hall–Kier alpha value is -0.460. The molecule has 0 rings (SSSR count). The van der Waals surface area contributed by atoms with Crippen molar-refractivity contribution in [2.24, 2.45) is 5.73 Å². The highest BCUT2D eigenvalue weighted by Crippen LogP contribution is 2.42. The second-order valence-corrected chi connectivity index (χ2v) is 6.17. The summed E-state index contributed by atoms with van der Waals surface area (Å²) in [4.78, 5) is 11.6. The summed E-state index contributed by atoms with van der Waals surface area (Å²) < 4.78 is 27.2. The van der Waals surface area contributed by atoms with Crippen LogP contribution in [0.4, 0.5) is 0 Å². The smallest absolute Gasteiger partial charge is 0.323 e. The van der Waals surface area contributed by atoms with Crippen molar-refractivity contribution in [2.45, 2.75) is 32.9 Å². The van der Waals surface area contributed by atoms with E-state index in [0.29, 0.717) is 0 Å². The molecule has 0 spiro atoms. The number of carbonyl (C=O) groups is 1. The van der Waals surface area contributed by atoms with Crippen molar-refractivity contribution in [3.05, 3.63) is 0 Å². The highest BCUT2D eigenvalue weighted by atomic mass is 31.2. The first-order valence-corrected chi connectivity index (χ1v) is 7.56. The molecule has 0 radical (unpaired) electrons. The van der Waals surface area contributed by atoms with Gasteiger partial charge in [-0.05, 0) is 20.8 Å². The van der Waals surface area contributed by atoms with E-state index < -0.39 is 19.5 Å². The summed E-state index contributed by atoms with van der Waals surface area (Å²) >= 11 is 0. The van der Waals surface area contributed by atoms with E-state index in [4.69, 9.17) is 19.7 Å². The summed E-state index contributed by atoms with van der Waals surface area (Å²) in [5.74, 6) is -0.488. The third-order valence-corrected chi connectivity index (χ3v) is 3.79. The van der Waals surface area contributed by atoms with E-state index in [1.165, 1.54) is 7.11 Å². The van der Waals surface area contributed by atoms with Gasteiger partial charge in [-0.1, -0.05) is 0 Å². The Morgan fingerprint density at radius 1 is 1.39 bits per heavy atom. The number of esters is 1. The fourth-order valence-corrected chi connectivity index (χ4v) is 2.82. The largest absolute Gasteiger partial charge is 0.462 e. The van der Waals surface area contributed by atoms with Crippen LogP contribution in [0.25, 0.3) is 0 Å². The molecule has 0 saturated heterocycles. The number of methoxy groups -OCH3 is 1. The molecule has 0 aliphatic rings. The molecular formula is C10H23N2O5P. The fraction of sp³-hybridized carbons (Fsp3) is 0.900. The molecule has 0 amide bonds. The fourth-order valence-electron chi connectivity index (χ4n) is 1.16. The Labute approximate surface area is 108 Å². The van der Waals surface area contributed by atoms with Crippen molar-refractivity contribution >= 4 is 13.5 Å². The van der Waals surface area contributed by atoms with Gasteiger partial charge in [0.05, 0.1) is 12.7 Å². The number of nitrogens with two attached hydrogens (primary N) is 1. The number of hydrogen-bond acceptors (Lipinski definition) is 6. The zero-order chi connectivity index (χ0) is 14.2. The van der Waals surface area contributed by atoms with Crippen molar-refractivity contribution in [2.75, 3.05) is 26.6 Å². The van der Waals surface area contributed by atoms with E-state index in [2.05, 4.69) is 5.09 Å². The van der Waals surface area contributed by atoms with E-state index >= 15 is 0 Å². The average molecular weight is 282 g/mol. The summed E-state index contributed by atoms with van der Waals surface area (Å²) in [6.07, 6.45) is -0.361. The molecule has 8 heteroatoms. The molecule has 0 aromatic carbocycles. The normalized spacial score (nSPS) is 16.3. The Kier molecular flexibility index (Phi) is 8.39. The molecule has 1 unspecified atom stereocenters. The van der Waals surface area contributed by atoms with Crippen LogP contribution in [-0.2, 0) is 23.4 Å². The maximum atomic E-state index is 12.3. The maximum absolute atomic E-state index is 12.3. The summed E-state index contributed by atoms with van der Waals surface area (Å²) in [7, 11) is -1.84. The molecule has 7 nitrogen and oxygen atoms in total. The minimum Gasteiger partial charge on any atom is -0.462 e. The van der Waals surface area contributed by atoms with Gasteiger partial charge in [0, 0.05) is 13.7 Å². The van der Waals surface area contributed by atoms with E-state index in [0.717, 1.165) is 0 Å². The van der Waals surface area contributed by atoms with Crippen LogP contribution in [0.2, 0.25) is 0 Å². The monoisotopic (exact) mass is 282 g/mol. The molecule has 0 aliphatic heterocycles. The van der Waals surface area contributed by atoms with Gasteiger partial charge in [0.1, 0.15) is 12.4 Å². The third kappa shape index (κ3) is 7.08. The molecule has 0 saturated carbocycles. The molecule has 2 atom stereocenters. The molecule has 0 heterocycles. The number of rotatable bonds is 9. The second kappa shape index (κ2) is 8.61. The minimum atomic E-state index is -3.24. The lowest BCUT2D eigenvalue weighted by atomic mass is 10.4. The molecule has 0 fully saturated rings. The van der Waals surface area contributed by atoms with E-state index in [1.807, 2.05) is 0 Å². The Morgan fingerprint density at radius 2 is 2.00 bits per heavy atom. The van der Waals surface area contributed by atoms with Gasteiger partial charge in [-0.25, -0.2) is 5.09 Å². The van der Waals surface area contributed by atoms with Crippen molar-refractivity contribution in [3.63, 3.8) is 0 Å². The van der Waals surface area contributed by atoms with Crippen LogP contribution in [0.5, 0.6) is 0 Å². The van der Waals surface area contributed by atoms with Gasteiger partial charge in [0.2, 0.25) is 0 Å². The van der Waals surface area contributed by atoms with Gasteiger partial charge >= 0.3 is 5.97 Å². The van der Waals surface area contributed by atoms with Crippen molar-refractivity contribution in [1.82, 2.24) is 5.09 Å². The van der Waals surface area contributed by atoms with Crippen molar-refractivity contribution < 1.29 is 23.4 Å². The molecular weight excluding hydrogens is 259 g/mol. The van der Waals surface area contributed by atoms with E-state index in [9.17, 15) is 9.36 Å². The first kappa shape index (κ1) is 17.5. The third-order valence-electron chi connectivity index (χ3n) is 1.81. The lowest BCUT2D eigenvalue weighted by Crippen LogP contribution is -2.36. The number of ether oxygens (including phenoxy) is 2. The highest BCUT2D eigenvalue weighted by Gasteiger charge is 2.29. The first-order chi connectivity index (χ1) is 8.34. The van der Waals surface area contributed by atoms with Gasteiger partial charge < -0.3 is 19.7 Å². The topological polar surface area (TPSA) is 99.9 Å². The quantitative estimate of drug-likeness (QED) is 0.474. The Morgan fingerprint density at radius 3 is 2.44 bits per heavy atom. The molecule has 0 aromatic rings. The second-order valence-electron chi connectivity index (χ2n) is 4.05. The van der Waals surface area contributed by atoms with Crippen LogP contribution in [0, 0.1) is 0 Å². The summed E-state index contributed by atoms with van der Waals surface area (Å²) in [6, 6.07) is -0.744. The van der Waals surface area contributed by atoms with Gasteiger partial charge in [-0.2, -0.15) is 0 Å². The molecule has 0 bridgehead atoms. The predicted molar refractivity (Wildman–Crippen MR) is 68.3 cm³/mol. The molecule has 18 heavy (non-hydrogen) atoms. The SMILES string of the molecule is COCP(=O)(N[C@@H](C)C(=O)OC(C)C)OCCN. The first-order valence-electron chi connectivity index (χ1n) is 5.75. The van der Waals surface area contributed by atoms with Gasteiger partial charge in [0.25, 0.3) is 7.52 Å². The van der Waals surface area contributed by atoms with Gasteiger partial charge in [-0.15, -0.1) is 0 Å². The standard InChI is InChI=1S/C10H23N2O5P/c1-8(2)17-10(13)9(3)12-18(14,7-15-4)16-6-5-11/h8-9H,5-7,11H2,1-4H3,(H,12,14)/t9-,18?/m0/s1. The molecule has 0 aromatic heterocycles. The molecule has 0 aliphatic carbocycles. The average Bonchev–Trinajstić information content (AvgIpc) is 2.25. The van der Waals surface area contributed by atoms with Crippen LogP contribution in [0.3, 0.4) is 0 Å². The number of hydrogen-bond donors (Lipinski definition) is 2. The Balaban J connectivity index is 4.47. The number of carbonyl (C=O) groups excluding carboxylic acids is 1. The predicted octanol–water partition coefficient (Wildman–Crippen LogP) is 0.688. The van der Waals surface area contributed by atoms with Crippen LogP contribution in [0.15, 0.2) is 0 Å². The highest BCUT2D eigenvalue weighted by molar-refractivity contribution is 7.56. The lowest BCUT2D eigenvalue weighted by Gasteiger charge is -2.22. The van der Waals surface area contributed by atoms with E-state index in [-0.39, 0.29) is 25.6 Å². The minimum absolute atomic E-state index is 0.125. The molecule has 3 N–H and O–H groups in total. The van der Waals surface area contributed by atoms with Crippen molar-refractivity contribution in [3.8, 4) is 0 Å². The zero-order valence-corrected chi connectivity index (χ0v) is 12.2. The lowest BCUT2D eigenvalue weighted by molar-refractivity contribution is -0.149. The Bertz CT molecular complexity index is 298. The van der Waals surface area contributed by atoms with Gasteiger partial charge in [-0.3, -0.25) is 9.36 Å². The summed E-state index contributed by atoms with van der Waals surface area (Å²) in [5, 5.41) is 2.61. The van der Waals surface area contributed by atoms with Crippen LogP contribution >= 0.6 is 7.52 Å². The number of nitrogens with one attached hydrogen (secondary N) is 1. The van der Waals surface area contributed by atoms with Gasteiger partial charge in [0.15, 0.2) is 0 Å². The van der Waals surface area contributed by atoms with Crippen LogP contribution in [0.1, 0.15) is 20.8 Å². The van der Waals surface area contributed by atoms with Crippen LogP contribution in [-0.4, -0.2) is 44.7 Å². The summed E-state index contributed by atoms with van der Waals surface area (Å²) in [6.45, 7) is 5.40. The molecule has 108 valence electrons. The zero-order valence-electron chi connectivity index (χ0n) is 11.3. The van der Waals surface area contributed by atoms with Crippen molar-refractivity contribution in [1.29, 1.82) is 0 Å². The summed E-state index contributed by atoms with van der Waals surface area (Å²) in [5.41, 5.74) is 5.28. The van der Waals surface area contributed by atoms with E-state index in [1.54, 1.807) is 20.8 Å².